The molecule has 0 spiro atoms. The van der Waals surface area contributed by atoms with Crippen LogP contribution < -0.4 is 14.6 Å². The van der Waals surface area contributed by atoms with Crippen LogP contribution in [-0.4, -0.2) is 68.8 Å². The maximum atomic E-state index is 12.4. The molecule has 0 aliphatic rings. The quantitative estimate of drug-likeness (QED) is 0.0657. The summed E-state index contributed by atoms with van der Waals surface area (Å²) in [6.07, 6.45) is 10.1. The molecule has 10 nitrogen and oxygen atoms in total. The molecule has 4 aromatic carbocycles. The van der Waals surface area contributed by atoms with E-state index in [4.69, 9.17) is 14.0 Å². The number of aryl methyl sites for hydroxylation is 2. The van der Waals surface area contributed by atoms with E-state index in [-0.39, 0.29) is 82.0 Å². The molecule has 260 valence electrons. The second-order valence-corrected chi connectivity index (χ2v) is 14.0. The Kier molecular flexibility index (Phi) is 17.9. The van der Waals surface area contributed by atoms with Gasteiger partial charge in [-0.3, -0.25) is 4.55 Å². The van der Waals surface area contributed by atoms with E-state index in [1.165, 1.54) is 48.9 Å². The van der Waals surface area contributed by atoms with Crippen molar-refractivity contribution in [1.29, 1.82) is 0 Å². The minimum atomic E-state index is -4.56. The van der Waals surface area contributed by atoms with Gasteiger partial charge in [0.2, 0.25) is 0 Å². The van der Waals surface area contributed by atoms with E-state index in [1.807, 2.05) is 6.07 Å². The Balaban J connectivity index is 0.000000333. The molecule has 4 aromatic rings. The molecule has 0 unspecified atom stereocenters. The van der Waals surface area contributed by atoms with Crippen molar-refractivity contribution in [1.82, 2.24) is 0 Å². The van der Waals surface area contributed by atoms with Gasteiger partial charge in [-0.15, -0.1) is 0 Å². The van der Waals surface area contributed by atoms with E-state index in [0.717, 1.165) is 63.0 Å². The Bertz CT molecular complexity index is 1710. The molecule has 0 saturated carbocycles. The maximum absolute atomic E-state index is 12.4. The molecule has 0 aliphatic carbocycles. The monoisotopic (exact) mass is 738 g/mol. The van der Waals surface area contributed by atoms with Gasteiger partial charge in [0.1, 0.15) is 27.4 Å². The Morgan fingerprint density at radius 1 is 0.633 bits per heavy atom. The first-order valence-corrected chi connectivity index (χ1v) is 18.8. The zero-order valence-corrected chi connectivity index (χ0v) is 31.7. The maximum Gasteiger partial charge on any atom is 2.00 e. The van der Waals surface area contributed by atoms with Crippen molar-refractivity contribution in [3.8, 4) is 34.5 Å². The van der Waals surface area contributed by atoms with Crippen LogP contribution in [0.4, 0.5) is 0 Å². The number of benzene rings is 4. The fourth-order valence-electron chi connectivity index (χ4n) is 4.82. The van der Waals surface area contributed by atoms with Crippen molar-refractivity contribution < 1.29 is 45.6 Å². The summed E-state index contributed by atoms with van der Waals surface area (Å²) in [6, 6.07) is 21.0. The summed E-state index contributed by atoms with van der Waals surface area (Å²) in [5, 5.41) is 22.8. The Hall–Kier alpha value is -2.84. The summed E-state index contributed by atoms with van der Waals surface area (Å²) < 4.78 is 75.7. The van der Waals surface area contributed by atoms with Gasteiger partial charge >= 0.3 is 37.7 Å². The number of para-hydroxylation sites is 2. The van der Waals surface area contributed by atoms with Crippen molar-refractivity contribution in [2.75, 3.05) is 0 Å². The van der Waals surface area contributed by atoms with E-state index >= 15 is 0 Å². The molecule has 0 amide bonds. The minimum absolute atomic E-state index is 0. The van der Waals surface area contributed by atoms with Crippen LogP contribution >= 0.6 is 0 Å². The standard InChI is InChI=1S/2C18H22O5S.Ca/c2*1-2-3-4-5-8-14-9-6-12-17(18(14)19)23-15-10-7-11-16(13-15)24(20,21)22;/h2*6-7,9-13,19H,2-5,8H2,1H3,(H,20,21,22);/q;;+2/p-2. The van der Waals surface area contributed by atoms with E-state index in [1.54, 1.807) is 30.3 Å². The topological polar surface area (TPSA) is 173 Å². The third-order valence-corrected chi connectivity index (χ3v) is 9.08. The first-order valence-electron chi connectivity index (χ1n) is 15.9. The van der Waals surface area contributed by atoms with Gasteiger partial charge in [0.25, 0.3) is 10.1 Å². The molecular weight excluding hydrogens is 697 g/mol. The first kappa shape index (κ1) is 42.3. The van der Waals surface area contributed by atoms with Crippen LogP contribution in [0.2, 0.25) is 0 Å². The van der Waals surface area contributed by atoms with Crippen molar-refractivity contribution in [3.05, 3.63) is 96.1 Å². The zero-order chi connectivity index (χ0) is 35.2. The predicted octanol–water partition coefficient (Wildman–Crippen LogP) is 7.75. The number of phenolic OH excluding ortho intramolecular Hbond substituents is 1. The number of ether oxygens (including phenoxy) is 2. The predicted molar refractivity (Wildman–Crippen MR) is 186 cm³/mol. The average molecular weight is 739 g/mol. The van der Waals surface area contributed by atoms with Crippen molar-refractivity contribution >= 4 is 58.0 Å². The Morgan fingerprint density at radius 3 is 1.65 bits per heavy atom. The Morgan fingerprint density at radius 2 is 1.10 bits per heavy atom. The van der Waals surface area contributed by atoms with Crippen molar-refractivity contribution in [3.63, 3.8) is 0 Å². The molecule has 0 heterocycles. The molecule has 13 heteroatoms. The van der Waals surface area contributed by atoms with Crippen LogP contribution in [-0.2, 0) is 33.1 Å². The van der Waals surface area contributed by atoms with E-state index in [9.17, 15) is 31.6 Å². The number of hydrogen-bond acceptors (Lipinski definition) is 9. The summed E-state index contributed by atoms with van der Waals surface area (Å²) >= 11 is 0. The molecule has 49 heavy (non-hydrogen) atoms. The molecule has 0 fully saturated rings. The number of hydrogen-bond donors (Lipinski definition) is 2. The summed E-state index contributed by atoms with van der Waals surface area (Å²) in [7, 11) is -8.86. The molecule has 0 bridgehead atoms. The van der Waals surface area contributed by atoms with Crippen LogP contribution in [0.1, 0.15) is 76.3 Å². The van der Waals surface area contributed by atoms with Gasteiger partial charge in [-0.1, -0.05) is 100 Å². The van der Waals surface area contributed by atoms with Gasteiger partial charge in [0.15, 0.2) is 11.5 Å². The SMILES string of the molecule is CCCCCCc1cccc(Oc2cccc(S(=O)(=O)O)c2)c1O.CCCCCCc1cccc(Oc2cccc(S(=O)(=O)[O-])c2)c1[O-].[Ca+2]. The van der Waals surface area contributed by atoms with E-state index in [2.05, 4.69) is 13.8 Å². The summed E-state index contributed by atoms with van der Waals surface area (Å²) in [6.45, 7) is 4.27. The number of aromatic hydroxyl groups is 1. The smallest absolute Gasteiger partial charge is 0.870 e. The number of phenols is 1. The molecule has 0 aliphatic heterocycles. The molecule has 4 rings (SSSR count). The van der Waals surface area contributed by atoms with Gasteiger partial charge < -0.3 is 24.2 Å². The average Bonchev–Trinajstić information content (AvgIpc) is 3.04. The Labute approximate surface area is 319 Å². The van der Waals surface area contributed by atoms with Gasteiger partial charge in [-0.05, 0) is 73.7 Å². The van der Waals surface area contributed by atoms with Crippen LogP contribution in [0.5, 0.6) is 34.5 Å². The van der Waals surface area contributed by atoms with Gasteiger partial charge in [-0.25, -0.2) is 8.42 Å². The van der Waals surface area contributed by atoms with Crippen molar-refractivity contribution in [2.45, 2.75) is 87.8 Å². The van der Waals surface area contributed by atoms with Crippen molar-refractivity contribution in [2.24, 2.45) is 0 Å². The molecule has 2 N–H and O–H groups in total. The second kappa shape index (κ2) is 20.7. The zero-order valence-electron chi connectivity index (χ0n) is 27.8. The minimum Gasteiger partial charge on any atom is -0.870 e. The third kappa shape index (κ3) is 14.1. The summed E-state index contributed by atoms with van der Waals surface area (Å²) in [5.41, 5.74) is 1.48. The van der Waals surface area contributed by atoms with Gasteiger partial charge in [0.05, 0.1) is 9.79 Å². The summed E-state index contributed by atoms with van der Waals surface area (Å²) in [4.78, 5) is -0.640. The largest absolute Gasteiger partial charge is 2.00 e. The molecule has 0 saturated heterocycles. The van der Waals surface area contributed by atoms with Crippen LogP contribution in [0.25, 0.3) is 0 Å². The van der Waals surface area contributed by atoms with Gasteiger partial charge in [-0.2, -0.15) is 8.42 Å². The van der Waals surface area contributed by atoms with Gasteiger partial charge in [0, 0.05) is 6.07 Å². The fraction of sp³-hybridized carbons (Fsp3) is 0.333. The number of rotatable bonds is 16. The van der Waals surface area contributed by atoms with Crippen LogP contribution in [0, 0.1) is 0 Å². The fourth-order valence-corrected chi connectivity index (χ4v) is 5.84. The second-order valence-electron chi connectivity index (χ2n) is 11.2. The molecule has 0 atom stereocenters. The molecule has 0 radical (unpaired) electrons. The number of unbranched alkanes of at least 4 members (excludes halogenated alkanes) is 6. The molecular formula is C36H42CaO10S2. The van der Waals surface area contributed by atoms with E-state index < -0.39 is 20.2 Å². The van der Waals surface area contributed by atoms with Crippen LogP contribution in [0.3, 0.4) is 0 Å². The summed E-state index contributed by atoms with van der Waals surface area (Å²) in [5.74, 6) is 0.616. The normalized spacial score (nSPS) is 11.2. The van der Waals surface area contributed by atoms with E-state index in [0.29, 0.717) is 12.0 Å². The molecule has 0 aromatic heterocycles. The van der Waals surface area contributed by atoms with Crippen LogP contribution in [0.15, 0.2) is 94.7 Å². The first-order chi connectivity index (χ1) is 22.8. The third-order valence-electron chi connectivity index (χ3n) is 7.40.